The van der Waals surface area contributed by atoms with Crippen molar-refractivity contribution in [1.29, 1.82) is 0 Å². The lowest BCUT2D eigenvalue weighted by atomic mass is 10.2. The molecule has 2 rings (SSSR count). The minimum atomic E-state index is -0.814. The van der Waals surface area contributed by atoms with E-state index in [2.05, 4.69) is 14.7 Å². The first-order valence-corrected chi connectivity index (χ1v) is 5.47. The highest BCUT2D eigenvalue weighted by atomic mass is 35.5. The third-order valence-corrected chi connectivity index (χ3v) is 2.42. The topological polar surface area (TPSA) is 72.0 Å². The van der Waals surface area contributed by atoms with Crippen molar-refractivity contribution in [3.05, 3.63) is 39.2 Å². The van der Waals surface area contributed by atoms with Gasteiger partial charge in [0, 0.05) is 5.02 Å². The number of rotatable bonds is 2. The molecule has 0 atom stereocenters. The molecule has 0 unspecified atom stereocenters. The van der Waals surface area contributed by atoms with Crippen LogP contribution in [0.15, 0.2) is 16.9 Å². The zero-order valence-electron chi connectivity index (χ0n) is 9.29. The van der Waals surface area contributed by atoms with Crippen LogP contribution in [0.3, 0.4) is 0 Å². The first-order valence-electron chi connectivity index (χ1n) is 5.09. The minimum absolute atomic E-state index is 0.0203. The Balaban J connectivity index is 2.69. The van der Waals surface area contributed by atoms with E-state index in [9.17, 15) is 14.0 Å². The number of ether oxygens (including phenoxy) is 1. The Morgan fingerprint density at radius 3 is 2.94 bits per heavy atom. The molecule has 7 heteroatoms. The van der Waals surface area contributed by atoms with Crippen molar-refractivity contribution in [1.82, 2.24) is 9.97 Å². The molecule has 1 aromatic carbocycles. The monoisotopic (exact) mass is 270 g/mol. The molecule has 5 nitrogen and oxygen atoms in total. The molecule has 0 aliphatic rings. The lowest BCUT2D eigenvalue weighted by molar-refractivity contribution is 0.0512. The molecule has 0 aliphatic carbocycles. The quantitative estimate of drug-likeness (QED) is 0.846. The SMILES string of the molecule is CCOC(=O)c1nc2c(F)cc(Cl)cc2c(=O)[nH]1. The molecule has 0 bridgehead atoms. The summed E-state index contributed by atoms with van der Waals surface area (Å²) in [4.78, 5) is 29.1. The average molecular weight is 271 g/mol. The van der Waals surface area contributed by atoms with Gasteiger partial charge in [-0.15, -0.1) is 0 Å². The highest BCUT2D eigenvalue weighted by Crippen LogP contribution is 2.18. The molecule has 94 valence electrons. The molecule has 0 radical (unpaired) electrons. The number of hydrogen-bond donors (Lipinski definition) is 1. The Kier molecular flexibility index (Phi) is 3.29. The summed E-state index contributed by atoms with van der Waals surface area (Å²) in [5, 5.41) is 0.0595. The van der Waals surface area contributed by atoms with Crippen molar-refractivity contribution >= 4 is 28.5 Å². The fraction of sp³-hybridized carbons (Fsp3) is 0.182. The molecule has 1 aromatic heterocycles. The van der Waals surface area contributed by atoms with E-state index in [0.717, 1.165) is 6.07 Å². The Hall–Kier alpha value is -1.95. The van der Waals surface area contributed by atoms with Gasteiger partial charge >= 0.3 is 5.97 Å². The van der Waals surface area contributed by atoms with E-state index in [-0.39, 0.29) is 28.4 Å². The van der Waals surface area contributed by atoms with Gasteiger partial charge in [0.05, 0.1) is 12.0 Å². The number of nitrogens with zero attached hydrogens (tertiary/aromatic N) is 1. The molecule has 2 aromatic rings. The molecular weight excluding hydrogens is 263 g/mol. The molecule has 0 saturated carbocycles. The summed E-state index contributed by atoms with van der Waals surface area (Å²) in [6.07, 6.45) is 0. The molecule has 18 heavy (non-hydrogen) atoms. The first-order chi connectivity index (χ1) is 8.52. The van der Waals surface area contributed by atoms with Crippen LogP contribution in [0.4, 0.5) is 4.39 Å². The number of carbonyl (C=O) groups excluding carboxylic acids is 1. The zero-order chi connectivity index (χ0) is 13.3. The maximum atomic E-state index is 13.6. The summed E-state index contributed by atoms with van der Waals surface area (Å²) in [6.45, 7) is 1.74. The van der Waals surface area contributed by atoms with Gasteiger partial charge in [-0.25, -0.2) is 14.2 Å². The van der Waals surface area contributed by atoms with E-state index in [4.69, 9.17) is 11.6 Å². The lowest BCUT2D eigenvalue weighted by Gasteiger charge is -2.03. The molecule has 0 fully saturated rings. The van der Waals surface area contributed by atoms with Gasteiger partial charge in [-0.1, -0.05) is 11.6 Å². The van der Waals surface area contributed by atoms with Crippen LogP contribution in [0.2, 0.25) is 5.02 Å². The number of H-pyrrole nitrogens is 1. The van der Waals surface area contributed by atoms with Crippen LogP contribution in [0.25, 0.3) is 10.9 Å². The third kappa shape index (κ3) is 2.19. The number of nitrogens with one attached hydrogen (secondary N) is 1. The van der Waals surface area contributed by atoms with Crippen molar-refractivity contribution in [2.75, 3.05) is 6.61 Å². The molecule has 0 amide bonds. The Labute approximate surface area is 106 Å². The summed E-state index contributed by atoms with van der Waals surface area (Å²) in [7, 11) is 0. The number of halogens is 2. The van der Waals surface area contributed by atoms with E-state index in [1.54, 1.807) is 6.92 Å². The van der Waals surface area contributed by atoms with Crippen molar-refractivity contribution in [2.24, 2.45) is 0 Å². The molecule has 0 saturated heterocycles. The van der Waals surface area contributed by atoms with Gasteiger partial charge in [0.1, 0.15) is 5.52 Å². The molecule has 1 heterocycles. The highest BCUT2D eigenvalue weighted by molar-refractivity contribution is 6.31. The second-order valence-electron chi connectivity index (χ2n) is 3.42. The second-order valence-corrected chi connectivity index (χ2v) is 3.86. The van der Waals surface area contributed by atoms with Gasteiger partial charge in [0.25, 0.3) is 5.56 Å². The van der Waals surface area contributed by atoms with E-state index in [0.29, 0.717) is 0 Å². The van der Waals surface area contributed by atoms with Gasteiger partial charge in [-0.2, -0.15) is 0 Å². The summed E-state index contributed by atoms with van der Waals surface area (Å²) in [5.41, 5.74) is -0.865. The van der Waals surface area contributed by atoms with Crippen LogP contribution < -0.4 is 5.56 Å². The van der Waals surface area contributed by atoms with E-state index in [1.165, 1.54) is 6.07 Å². The van der Waals surface area contributed by atoms with Crippen LogP contribution in [-0.4, -0.2) is 22.5 Å². The van der Waals surface area contributed by atoms with Crippen molar-refractivity contribution in [3.63, 3.8) is 0 Å². The summed E-state index contributed by atoms with van der Waals surface area (Å²) in [5.74, 6) is -1.92. The van der Waals surface area contributed by atoms with Crippen molar-refractivity contribution in [3.8, 4) is 0 Å². The molecular formula is C11H8ClFN2O3. The van der Waals surface area contributed by atoms with Gasteiger partial charge in [-0.05, 0) is 19.1 Å². The van der Waals surface area contributed by atoms with Crippen LogP contribution in [0.1, 0.15) is 17.5 Å². The van der Waals surface area contributed by atoms with Crippen LogP contribution >= 0.6 is 11.6 Å². The Bertz CT molecular complexity index is 684. The molecule has 0 spiro atoms. The standard InChI is InChI=1S/C11H8ClFN2O3/c1-2-18-11(17)9-14-8-6(10(16)15-9)3-5(12)4-7(8)13/h3-4H,2H2,1H3,(H,14,15,16). The number of aromatic amines is 1. The summed E-state index contributed by atoms with van der Waals surface area (Å²) >= 11 is 5.64. The smallest absolute Gasteiger partial charge is 0.374 e. The van der Waals surface area contributed by atoms with Crippen LogP contribution in [0, 0.1) is 5.82 Å². The van der Waals surface area contributed by atoms with Gasteiger partial charge in [0.2, 0.25) is 5.82 Å². The molecule has 1 N–H and O–H groups in total. The normalized spacial score (nSPS) is 10.6. The average Bonchev–Trinajstić information content (AvgIpc) is 2.30. The zero-order valence-corrected chi connectivity index (χ0v) is 10.0. The lowest BCUT2D eigenvalue weighted by Crippen LogP contribution is -2.18. The van der Waals surface area contributed by atoms with E-state index >= 15 is 0 Å². The maximum Gasteiger partial charge on any atom is 0.374 e. The van der Waals surface area contributed by atoms with Gasteiger partial charge in [0.15, 0.2) is 5.82 Å². The maximum absolute atomic E-state index is 13.6. The number of esters is 1. The number of aromatic nitrogens is 2. The van der Waals surface area contributed by atoms with Crippen molar-refractivity contribution in [2.45, 2.75) is 6.92 Å². The number of fused-ring (bicyclic) bond motifs is 1. The number of carbonyl (C=O) groups is 1. The summed E-state index contributed by atoms with van der Waals surface area (Å²) < 4.78 is 18.3. The van der Waals surface area contributed by atoms with Gasteiger partial charge < -0.3 is 9.72 Å². The first kappa shape index (κ1) is 12.5. The minimum Gasteiger partial charge on any atom is -0.460 e. The second kappa shape index (κ2) is 4.73. The molecule has 0 aliphatic heterocycles. The Morgan fingerprint density at radius 1 is 1.56 bits per heavy atom. The summed E-state index contributed by atoms with van der Waals surface area (Å²) in [6, 6.07) is 2.30. The van der Waals surface area contributed by atoms with E-state index in [1.807, 2.05) is 0 Å². The van der Waals surface area contributed by atoms with E-state index < -0.39 is 17.3 Å². The number of hydrogen-bond acceptors (Lipinski definition) is 4. The van der Waals surface area contributed by atoms with Crippen molar-refractivity contribution < 1.29 is 13.9 Å². The van der Waals surface area contributed by atoms with Crippen LogP contribution in [0.5, 0.6) is 0 Å². The fourth-order valence-corrected chi connectivity index (χ4v) is 1.67. The Morgan fingerprint density at radius 2 is 2.28 bits per heavy atom. The predicted molar refractivity (Wildman–Crippen MR) is 63.3 cm³/mol. The fourth-order valence-electron chi connectivity index (χ4n) is 1.46. The number of benzene rings is 1. The van der Waals surface area contributed by atoms with Crippen LogP contribution in [-0.2, 0) is 4.74 Å². The highest BCUT2D eigenvalue weighted by Gasteiger charge is 2.15. The largest absolute Gasteiger partial charge is 0.460 e. The third-order valence-electron chi connectivity index (χ3n) is 2.20. The predicted octanol–water partition coefficient (Wildman–Crippen LogP) is 1.89. The van der Waals surface area contributed by atoms with Gasteiger partial charge in [-0.3, -0.25) is 4.79 Å².